The normalized spacial score (nSPS) is 11.0. The Kier molecular flexibility index (Phi) is 7.77. The molecular formula is C21H27N. The standard InChI is InChI=1S/C19H21N.C2H6/c1-4-5-11-19(20-3)18-14-17(13-12-15(18)2)16-9-7-6-8-10-16;1-2/h4-14,20H,1-3H3;1-2H3/b5-4-,19-11-;. The summed E-state index contributed by atoms with van der Waals surface area (Å²) >= 11 is 0. The van der Waals surface area contributed by atoms with Crippen LogP contribution in [0, 0.1) is 6.92 Å². The van der Waals surface area contributed by atoms with E-state index in [1.165, 1.54) is 22.3 Å². The van der Waals surface area contributed by atoms with E-state index in [1.54, 1.807) is 0 Å². The predicted octanol–water partition coefficient (Wildman–Crippen LogP) is 5.82. The first-order chi connectivity index (χ1) is 10.8. The summed E-state index contributed by atoms with van der Waals surface area (Å²) in [7, 11) is 1.96. The number of allylic oxidation sites excluding steroid dienone is 3. The Morgan fingerprint density at radius 2 is 1.64 bits per heavy atom. The van der Waals surface area contributed by atoms with Crippen LogP contribution < -0.4 is 5.32 Å². The minimum atomic E-state index is 1.14. The number of benzene rings is 2. The van der Waals surface area contributed by atoms with Gasteiger partial charge < -0.3 is 5.32 Å². The molecule has 0 spiro atoms. The molecule has 2 rings (SSSR count). The van der Waals surface area contributed by atoms with E-state index in [4.69, 9.17) is 0 Å². The quantitative estimate of drug-likeness (QED) is 0.700. The second-order valence-electron chi connectivity index (χ2n) is 4.75. The van der Waals surface area contributed by atoms with Gasteiger partial charge in [-0.3, -0.25) is 0 Å². The molecule has 0 amide bonds. The molecule has 116 valence electrons. The topological polar surface area (TPSA) is 12.0 Å². The van der Waals surface area contributed by atoms with Gasteiger partial charge in [-0.15, -0.1) is 0 Å². The first-order valence-electron chi connectivity index (χ1n) is 7.93. The van der Waals surface area contributed by atoms with E-state index in [2.05, 4.69) is 66.9 Å². The summed E-state index contributed by atoms with van der Waals surface area (Å²) < 4.78 is 0. The molecule has 2 aromatic rings. The maximum atomic E-state index is 3.28. The van der Waals surface area contributed by atoms with Crippen LogP contribution in [0.1, 0.15) is 31.9 Å². The smallest absolute Gasteiger partial charge is 0.0413 e. The first-order valence-corrected chi connectivity index (χ1v) is 7.93. The highest BCUT2D eigenvalue weighted by Gasteiger charge is 2.05. The minimum Gasteiger partial charge on any atom is -0.388 e. The van der Waals surface area contributed by atoms with Gasteiger partial charge in [-0.1, -0.05) is 68.5 Å². The third kappa shape index (κ3) is 4.63. The average molecular weight is 293 g/mol. The van der Waals surface area contributed by atoms with Crippen LogP contribution in [0.5, 0.6) is 0 Å². The molecule has 2 aromatic carbocycles. The lowest BCUT2D eigenvalue weighted by atomic mass is 9.98. The van der Waals surface area contributed by atoms with Gasteiger partial charge >= 0.3 is 0 Å². The van der Waals surface area contributed by atoms with Gasteiger partial charge in [-0.2, -0.15) is 0 Å². The van der Waals surface area contributed by atoms with Crippen molar-refractivity contribution in [1.29, 1.82) is 0 Å². The van der Waals surface area contributed by atoms with Crippen molar-refractivity contribution in [2.24, 2.45) is 0 Å². The van der Waals surface area contributed by atoms with Crippen LogP contribution in [0.4, 0.5) is 0 Å². The van der Waals surface area contributed by atoms with Gasteiger partial charge in [-0.25, -0.2) is 0 Å². The molecule has 0 aliphatic rings. The molecule has 22 heavy (non-hydrogen) atoms. The van der Waals surface area contributed by atoms with E-state index >= 15 is 0 Å². The maximum absolute atomic E-state index is 3.28. The zero-order chi connectivity index (χ0) is 16.4. The first kappa shape index (κ1) is 17.8. The Balaban J connectivity index is 0.00000116. The van der Waals surface area contributed by atoms with Gasteiger partial charge in [0.2, 0.25) is 0 Å². The molecule has 0 aliphatic carbocycles. The highest BCUT2D eigenvalue weighted by molar-refractivity contribution is 5.74. The molecule has 0 aromatic heterocycles. The van der Waals surface area contributed by atoms with Gasteiger partial charge in [0.05, 0.1) is 0 Å². The monoisotopic (exact) mass is 293 g/mol. The molecule has 0 heterocycles. The summed E-state index contributed by atoms with van der Waals surface area (Å²) in [6.45, 7) is 8.17. The summed E-state index contributed by atoms with van der Waals surface area (Å²) in [5, 5.41) is 3.28. The lowest BCUT2D eigenvalue weighted by molar-refractivity contribution is 1.12. The van der Waals surface area contributed by atoms with Crippen molar-refractivity contribution in [2.45, 2.75) is 27.7 Å². The van der Waals surface area contributed by atoms with Crippen LogP contribution in [0.25, 0.3) is 16.8 Å². The molecule has 1 heteroatoms. The zero-order valence-electron chi connectivity index (χ0n) is 14.4. The van der Waals surface area contributed by atoms with Crippen LogP contribution >= 0.6 is 0 Å². The fraction of sp³-hybridized carbons (Fsp3) is 0.238. The molecule has 1 nitrogen and oxygen atoms in total. The van der Waals surface area contributed by atoms with Crippen molar-refractivity contribution in [3.8, 4) is 11.1 Å². The summed E-state index contributed by atoms with van der Waals surface area (Å²) in [5.41, 5.74) is 6.14. The van der Waals surface area contributed by atoms with E-state index in [1.807, 2.05) is 40.0 Å². The van der Waals surface area contributed by atoms with Crippen molar-refractivity contribution in [1.82, 2.24) is 5.32 Å². The Labute approximate surface area is 135 Å². The Bertz CT molecular complexity index is 622. The highest BCUT2D eigenvalue weighted by Crippen LogP contribution is 2.25. The molecular weight excluding hydrogens is 266 g/mol. The molecule has 0 radical (unpaired) electrons. The van der Waals surface area contributed by atoms with Crippen molar-refractivity contribution < 1.29 is 0 Å². The lowest BCUT2D eigenvalue weighted by Gasteiger charge is -2.12. The zero-order valence-corrected chi connectivity index (χ0v) is 14.4. The molecule has 1 N–H and O–H groups in total. The van der Waals surface area contributed by atoms with Crippen LogP contribution in [0.2, 0.25) is 0 Å². The molecule has 0 atom stereocenters. The average Bonchev–Trinajstić information content (AvgIpc) is 2.59. The Morgan fingerprint density at radius 3 is 2.23 bits per heavy atom. The molecule has 0 saturated heterocycles. The van der Waals surface area contributed by atoms with Crippen molar-refractivity contribution >= 4 is 5.70 Å². The second kappa shape index (κ2) is 9.62. The fourth-order valence-corrected chi connectivity index (χ4v) is 2.22. The van der Waals surface area contributed by atoms with Gasteiger partial charge in [0.15, 0.2) is 0 Å². The molecule has 0 saturated carbocycles. The van der Waals surface area contributed by atoms with Gasteiger partial charge in [0, 0.05) is 18.3 Å². The van der Waals surface area contributed by atoms with Crippen LogP contribution in [-0.2, 0) is 0 Å². The van der Waals surface area contributed by atoms with Gasteiger partial charge in [0.25, 0.3) is 0 Å². The maximum Gasteiger partial charge on any atom is 0.0413 e. The molecule has 0 bridgehead atoms. The van der Waals surface area contributed by atoms with Crippen LogP contribution in [0.15, 0.2) is 66.8 Å². The van der Waals surface area contributed by atoms with Crippen LogP contribution in [-0.4, -0.2) is 7.05 Å². The second-order valence-corrected chi connectivity index (χ2v) is 4.75. The van der Waals surface area contributed by atoms with Crippen molar-refractivity contribution in [3.63, 3.8) is 0 Å². The number of nitrogens with one attached hydrogen (secondary N) is 1. The van der Waals surface area contributed by atoms with E-state index < -0.39 is 0 Å². The highest BCUT2D eigenvalue weighted by atomic mass is 14.8. The van der Waals surface area contributed by atoms with E-state index in [9.17, 15) is 0 Å². The van der Waals surface area contributed by atoms with E-state index in [0.29, 0.717) is 0 Å². The number of aryl methyl sites for hydroxylation is 1. The summed E-state index contributed by atoms with van der Waals surface area (Å²) in [6.07, 6.45) is 6.20. The third-order valence-corrected chi connectivity index (χ3v) is 3.36. The molecule has 0 fully saturated rings. The summed E-state index contributed by atoms with van der Waals surface area (Å²) in [5.74, 6) is 0. The molecule has 0 unspecified atom stereocenters. The Hall–Kier alpha value is -2.28. The van der Waals surface area contributed by atoms with E-state index in [0.717, 1.165) is 5.70 Å². The van der Waals surface area contributed by atoms with Crippen molar-refractivity contribution in [2.75, 3.05) is 7.05 Å². The number of hydrogen-bond acceptors (Lipinski definition) is 1. The largest absolute Gasteiger partial charge is 0.388 e. The van der Waals surface area contributed by atoms with Crippen LogP contribution in [0.3, 0.4) is 0 Å². The van der Waals surface area contributed by atoms with Crippen molar-refractivity contribution in [3.05, 3.63) is 77.9 Å². The predicted molar refractivity (Wildman–Crippen MR) is 99.8 cm³/mol. The fourth-order valence-electron chi connectivity index (χ4n) is 2.22. The number of rotatable bonds is 4. The van der Waals surface area contributed by atoms with Gasteiger partial charge in [-0.05, 0) is 42.7 Å². The third-order valence-electron chi connectivity index (χ3n) is 3.36. The van der Waals surface area contributed by atoms with Gasteiger partial charge in [0.1, 0.15) is 0 Å². The van der Waals surface area contributed by atoms with E-state index in [-0.39, 0.29) is 0 Å². The summed E-state index contributed by atoms with van der Waals surface area (Å²) in [6, 6.07) is 17.1. The summed E-state index contributed by atoms with van der Waals surface area (Å²) in [4.78, 5) is 0. The SMILES string of the molecule is C/C=C\C=C(/NC)c1cc(-c2ccccc2)ccc1C.CC. The lowest BCUT2D eigenvalue weighted by Crippen LogP contribution is -2.06. The minimum absolute atomic E-state index is 1.14. The molecule has 0 aliphatic heterocycles. The number of hydrogen-bond donors (Lipinski definition) is 1. The Morgan fingerprint density at radius 1 is 0.955 bits per heavy atom.